The molecular formula is C20H18ClF3N4O3S. The lowest BCUT2D eigenvalue weighted by Crippen LogP contribution is -2.43. The summed E-state index contributed by atoms with van der Waals surface area (Å²) in [6.45, 7) is 4.44. The van der Waals surface area contributed by atoms with E-state index in [0.717, 1.165) is 4.90 Å². The average Bonchev–Trinajstić information content (AvgIpc) is 2.80. The van der Waals surface area contributed by atoms with Crippen molar-refractivity contribution in [3.63, 3.8) is 0 Å². The molecule has 2 heterocycles. The fourth-order valence-corrected chi connectivity index (χ4v) is 3.96. The summed E-state index contributed by atoms with van der Waals surface area (Å²) < 4.78 is 37.7. The molecule has 170 valence electrons. The minimum absolute atomic E-state index is 0.00902. The predicted molar refractivity (Wildman–Crippen MR) is 114 cm³/mol. The quantitative estimate of drug-likeness (QED) is 0.363. The number of benzene rings is 1. The average molecular weight is 487 g/mol. The van der Waals surface area contributed by atoms with Gasteiger partial charge in [0.25, 0.3) is 5.91 Å². The van der Waals surface area contributed by atoms with Crippen LogP contribution in [0.2, 0.25) is 5.15 Å². The van der Waals surface area contributed by atoms with E-state index in [0.29, 0.717) is 5.56 Å². The molecule has 1 aromatic carbocycles. The van der Waals surface area contributed by atoms with E-state index in [1.54, 1.807) is 13.8 Å². The maximum atomic E-state index is 13.1. The van der Waals surface area contributed by atoms with E-state index < -0.39 is 23.0 Å². The van der Waals surface area contributed by atoms with E-state index in [1.165, 1.54) is 48.2 Å². The highest BCUT2D eigenvalue weighted by Gasteiger charge is 2.51. The molecule has 0 bridgehead atoms. The summed E-state index contributed by atoms with van der Waals surface area (Å²) in [5.41, 5.74) is -4.99. The van der Waals surface area contributed by atoms with Crippen LogP contribution in [-0.4, -0.2) is 38.8 Å². The van der Waals surface area contributed by atoms with Crippen molar-refractivity contribution >= 4 is 52.7 Å². The van der Waals surface area contributed by atoms with Crippen LogP contribution < -0.4 is 10.2 Å². The van der Waals surface area contributed by atoms with Crippen molar-refractivity contribution in [1.82, 2.24) is 9.88 Å². The molecule has 1 aromatic heterocycles. The third-order valence-corrected chi connectivity index (χ3v) is 5.58. The number of amides is 4. The number of carbonyl (C=O) groups is 3. The van der Waals surface area contributed by atoms with Crippen LogP contribution >= 0.6 is 23.4 Å². The molecule has 3 rings (SSSR count). The van der Waals surface area contributed by atoms with Crippen LogP contribution in [0.4, 0.5) is 29.5 Å². The van der Waals surface area contributed by atoms with Crippen molar-refractivity contribution in [2.45, 2.75) is 43.3 Å². The van der Waals surface area contributed by atoms with Crippen LogP contribution in [0.25, 0.3) is 0 Å². The second-order valence-corrected chi connectivity index (χ2v) is 9.00. The van der Waals surface area contributed by atoms with Crippen molar-refractivity contribution in [3.8, 4) is 0 Å². The minimum Gasteiger partial charge on any atom is -0.311 e. The topological polar surface area (TPSA) is 82.6 Å². The lowest BCUT2D eigenvalue weighted by molar-refractivity contribution is -0.123. The lowest BCUT2D eigenvalue weighted by atomic mass is 10.0. The number of pyridine rings is 1. The van der Waals surface area contributed by atoms with Gasteiger partial charge in [0.15, 0.2) is 0 Å². The largest absolute Gasteiger partial charge is 0.446 e. The highest BCUT2D eigenvalue weighted by atomic mass is 35.5. The Morgan fingerprint density at radius 3 is 2.38 bits per heavy atom. The highest BCUT2D eigenvalue weighted by molar-refractivity contribution is 8.00. The van der Waals surface area contributed by atoms with Gasteiger partial charge in [-0.15, -0.1) is 0 Å². The molecule has 7 nitrogen and oxygen atoms in total. The highest BCUT2D eigenvalue weighted by Crippen LogP contribution is 2.39. The number of urea groups is 1. The summed E-state index contributed by atoms with van der Waals surface area (Å²) >= 11 is 5.73. The second kappa shape index (κ2) is 8.62. The number of hydrogen-bond donors (Lipinski definition) is 1. The zero-order valence-corrected chi connectivity index (χ0v) is 18.7. The van der Waals surface area contributed by atoms with Crippen LogP contribution in [-0.2, 0) is 16.1 Å². The second-order valence-electron chi connectivity index (χ2n) is 7.47. The van der Waals surface area contributed by atoms with Crippen molar-refractivity contribution in [1.29, 1.82) is 0 Å². The number of carbonyl (C=O) groups excluding carboxylic acids is 3. The number of hydrogen-bond acceptors (Lipinski definition) is 5. The van der Waals surface area contributed by atoms with Gasteiger partial charge >= 0.3 is 11.5 Å². The molecule has 1 saturated heterocycles. The van der Waals surface area contributed by atoms with Gasteiger partial charge < -0.3 is 10.2 Å². The fraction of sp³-hybridized carbons (Fsp3) is 0.300. The monoisotopic (exact) mass is 486 g/mol. The lowest BCUT2D eigenvalue weighted by Gasteiger charge is -2.27. The van der Waals surface area contributed by atoms with Crippen molar-refractivity contribution in [3.05, 3.63) is 47.1 Å². The molecule has 1 aliphatic rings. The van der Waals surface area contributed by atoms with Gasteiger partial charge in [-0.25, -0.2) is 14.7 Å². The Balaban J connectivity index is 1.87. The summed E-state index contributed by atoms with van der Waals surface area (Å²) in [6, 6.07) is 7.39. The molecule has 1 N–H and O–H groups in total. The summed E-state index contributed by atoms with van der Waals surface area (Å²) in [7, 11) is 0. The Morgan fingerprint density at radius 2 is 1.81 bits per heavy atom. The van der Waals surface area contributed by atoms with Gasteiger partial charge in [0, 0.05) is 18.4 Å². The molecule has 0 radical (unpaired) electrons. The van der Waals surface area contributed by atoms with Gasteiger partial charge in [0.2, 0.25) is 5.91 Å². The fourth-order valence-electron chi connectivity index (χ4n) is 3.19. The van der Waals surface area contributed by atoms with Gasteiger partial charge in [-0.1, -0.05) is 11.6 Å². The third-order valence-electron chi connectivity index (χ3n) is 4.65. The van der Waals surface area contributed by atoms with E-state index >= 15 is 0 Å². The maximum absolute atomic E-state index is 13.1. The molecule has 1 fully saturated rings. The smallest absolute Gasteiger partial charge is 0.311 e. The summed E-state index contributed by atoms with van der Waals surface area (Å²) in [6.07, 6.45) is 0. The van der Waals surface area contributed by atoms with Crippen molar-refractivity contribution in [2.75, 3.05) is 10.2 Å². The first-order chi connectivity index (χ1) is 14.8. The Kier molecular flexibility index (Phi) is 6.43. The Hall–Kier alpha value is -2.79. The Morgan fingerprint density at radius 1 is 1.19 bits per heavy atom. The van der Waals surface area contributed by atoms with Crippen LogP contribution in [0, 0.1) is 0 Å². The van der Waals surface area contributed by atoms with Crippen LogP contribution in [0.5, 0.6) is 0 Å². The minimum atomic E-state index is -4.44. The first kappa shape index (κ1) is 23.9. The normalized spacial score (nSPS) is 16.0. The number of nitrogens with one attached hydrogen (secondary N) is 1. The van der Waals surface area contributed by atoms with Gasteiger partial charge in [-0.05, 0) is 67.6 Å². The molecule has 0 atom stereocenters. The first-order valence-electron chi connectivity index (χ1n) is 9.24. The summed E-state index contributed by atoms with van der Waals surface area (Å²) in [5, 5.41) is 2.60. The van der Waals surface area contributed by atoms with Crippen LogP contribution in [0.1, 0.15) is 26.3 Å². The number of nitrogens with zero attached hydrogens (tertiary/aromatic N) is 3. The number of anilines is 2. The number of aromatic nitrogens is 1. The van der Waals surface area contributed by atoms with Gasteiger partial charge in [0.1, 0.15) is 16.5 Å². The van der Waals surface area contributed by atoms with E-state index in [2.05, 4.69) is 10.3 Å². The standard InChI is InChI=1S/C20H18ClF3N4O3S/c1-11(29)25-16-9-12(8-15(21)26-16)10-27-18(31)28(17(30)19(27,2)3)13-4-6-14(7-5-13)32-20(22,23)24/h4-9H,10H2,1-3H3,(H,25,26,29). The van der Waals surface area contributed by atoms with Crippen LogP contribution in [0.3, 0.4) is 0 Å². The maximum Gasteiger partial charge on any atom is 0.446 e. The zero-order chi connectivity index (χ0) is 23.8. The molecule has 0 spiro atoms. The number of rotatable bonds is 5. The molecule has 12 heteroatoms. The third kappa shape index (κ3) is 5.16. The number of thioether (sulfide) groups is 1. The number of imide groups is 1. The zero-order valence-electron chi connectivity index (χ0n) is 17.2. The Labute approximate surface area is 190 Å². The van der Waals surface area contributed by atoms with Gasteiger partial charge in [0.05, 0.1) is 5.69 Å². The number of alkyl halides is 3. The molecule has 1 aliphatic heterocycles. The predicted octanol–water partition coefficient (Wildman–Crippen LogP) is 5.05. The molecule has 0 saturated carbocycles. The van der Waals surface area contributed by atoms with E-state index in [4.69, 9.17) is 11.6 Å². The first-order valence-corrected chi connectivity index (χ1v) is 10.4. The van der Waals surface area contributed by atoms with Crippen LogP contribution in [0.15, 0.2) is 41.3 Å². The summed E-state index contributed by atoms with van der Waals surface area (Å²) in [5.74, 6) is -0.678. The van der Waals surface area contributed by atoms with Gasteiger partial charge in [-0.3, -0.25) is 9.59 Å². The Bertz CT molecular complexity index is 1080. The molecule has 32 heavy (non-hydrogen) atoms. The van der Waals surface area contributed by atoms with Gasteiger partial charge in [-0.2, -0.15) is 13.2 Å². The van der Waals surface area contributed by atoms with E-state index in [9.17, 15) is 27.6 Å². The molecule has 4 amide bonds. The van der Waals surface area contributed by atoms with Crippen molar-refractivity contribution in [2.24, 2.45) is 0 Å². The number of halogens is 4. The van der Waals surface area contributed by atoms with E-state index in [-0.39, 0.29) is 45.8 Å². The van der Waals surface area contributed by atoms with Crippen molar-refractivity contribution < 1.29 is 27.6 Å². The SMILES string of the molecule is CC(=O)Nc1cc(CN2C(=O)N(c3ccc(SC(F)(F)F)cc3)C(=O)C2(C)C)cc(Cl)n1. The molecular weight excluding hydrogens is 469 g/mol. The molecule has 0 unspecified atom stereocenters. The molecule has 0 aliphatic carbocycles. The summed E-state index contributed by atoms with van der Waals surface area (Å²) in [4.78, 5) is 43.6. The van der Waals surface area contributed by atoms with E-state index in [1.807, 2.05) is 0 Å². The molecule has 2 aromatic rings.